The van der Waals surface area contributed by atoms with E-state index in [1.54, 1.807) is 0 Å². The lowest BCUT2D eigenvalue weighted by molar-refractivity contribution is 0.191. The zero-order valence-corrected chi connectivity index (χ0v) is 20.6. The summed E-state index contributed by atoms with van der Waals surface area (Å²) in [7, 11) is -1.83. The van der Waals surface area contributed by atoms with Crippen LogP contribution in [0.5, 0.6) is 0 Å². The first-order valence-corrected chi connectivity index (χ1v) is 13.6. The van der Waals surface area contributed by atoms with E-state index >= 15 is 0 Å². The molecule has 3 heteroatoms. The van der Waals surface area contributed by atoms with Crippen LogP contribution in [0.3, 0.4) is 0 Å². The number of rotatable bonds is 2. The average molecular weight is 403 g/mol. The summed E-state index contributed by atoms with van der Waals surface area (Å²) in [5.74, 6) is 6.47. The monoisotopic (exact) mass is 402 g/mol. The molecule has 1 aliphatic rings. The van der Waals surface area contributed by atoms with E-state index in [0.717, 1.165) is 32.1 Å². The summed E-state index contributed by atoms with van der Waals surface area (Å²) < 4.78 is 12.4. The van der Waals surface area contributed by atoms with Crippen molar-refractivity contribution in [2.24, 2.45) is 0 Å². The van der Waals surface area contributed by atoms with Crippen LogP contribution in [0.4, 0.5) is 0 Å². The Morgan fingerprint density at radius 1 is 0.964 bits per heavy atom. The van der Waals surface area contributed by atoms with Crippen LogP contribution in [0.15, 0.2) is 34.9 Å². The molecule has 28 heavy (non-hydrogen) atoms. The minimum absolute atomic E-state index is 0.0655. The average Bonchev–Trinajstić information content (AvgIpc) is 2.55. The summed E-state index contributed by atoms with van der Waals surface area (Å²) in [4.78, 5) is 0. The molecule has 0 aromatic carbocycles. The zero-order valence-electron chi connectivity index (χ0n) is 19.6. The highest BCUT2D eigenvalue weighted by Gasteiger charge is 2.38. The molecule has 0 spiro atoms. The molecule has 1 heterocycles. The van der Waals surface area contributed by atoms with Gasteiger partial charge in [0.2, 0.25) is 0 Å². The van der Waals surface area contributed by atoms with Crippen molar-refractivity contribution in [3.05, 3.63) is 34.9 Å². The summed E-state index contributed by atoms with van der Waals surface area (Å²) in [6.45, 7) is 19.3. The van der Waals surface area contributed by atoms with Crippen molar-refractivity contribution in [2.45, 2.75) is 97.9 Å². The Kier molecular flexibility index (Phi) is 10.5. The Bertz CT molecular complexity index is 636. The molecular weight excluding hydrogens is 360 g/mol. The van der Waals surface area contributed by atoms with Crippen molar-refractivity contribution < 1.29 is 9.16 Å². The van der Waals surface area contributed by atoms with E-state index < -0.39 is 8.32 Å². The second kappa shape index (κ2) is 11.8. The Balaban J connectivity index is 2.95. The van der Waals surface area contributed by atoms with Crippen molar-refractivity contribution in [3.8, 4) is 11.8 Å². The van der Waals surface area contributed by atoms with Crippen LogP contribution in [0, 0.1) is 11.8 Å². The molecule has 158 valence electrons. The minimum atomic E-state index is -1.83. The molecule has 0 amide bonds. The normalized spacial score (nSPS) is 27.1. The van der Waals surface area contributed by atoms with Crippen LogP contribution in [0.25, 0.3) is 0 Å². The molecular formula is C25H42O2Si. The molecule has 1 aliphatic heterocycles. The van der Waals surface area contributed by atoms with Gasteiger partial charge in [0.15, 0.2) is 8.32 Å². The Labute approximate surface area is 175 Å². The predicted molar refractivity (Wildman–Crippen MR) is 125 cm³/mol. The van der Waals surface area contributed by atoms with Crippen molar-refractivity contribution >= 4 is 8.32 Å². The summed E-state index contributed by atoms with van der Waals surface area (Å²) >= 11 is 0. The molecule has 1 rings (SSSR count). The fraction of sp³-hybridized carbons (Fsp3) is 0.680. The fourth-order valence-corrected chi connectivity index (χ4v) is 4.09. The molecule has 0 saturated heterocycles. The highest BCUT2D eigenvalue weighted by Crippen LogP contribution is 2.37. The third-order valence-corrected chi connectivity index (χ3v) is 10.2. The van der Waals surface area contributed by atoms with Gasteiger partial charge in [0, 0.05) is 6.42 Å². The summed E-state index contributed by atoms with van der Waals surface area (Å²) in [5, 5.41) is 0.197. The van der Waals surface area contributed by atoms with Gasteiger partial charge in [0.05, 0.1) is 12.7 Å². The van der Waals surface area contributed by atoms with E-state index in [0.29, 0.717) is 13.2 Å². The second-order valence-corrected chi connectivity index (χ2v) is 14.4. The van der Waals surface area contributed by atoms with Crippen LogP contribution in [0.1, 0.15) is 73.6 Å². The van der Waals surface area contributed by atoms with E-state index in [1.165, 1.54) is 16.7 Å². The van der Waals surface area contributed by atoms with Crippen molar-refractivity contribution in [1.82, 2.24) is 0 Å². The Morgan fingerprint density at radius 2 is 1.57 bits per heavy atom. The lowest BCUT2D eigenvalue weighted by atomic mass is 10.0. The number of allylic oxidation sites excluding steroid dienone is 4. The van der Waals surface area contributed by atoms with Crippen LogP contribution in [-0.4, -0.2) is 27.6 Å². The van der Waals surface area contributed by atoms with E-state index in [2.05, 4.69) is 84.7 Å². The van der Waals surface area contributed by atoms with Crippen LogP contribution >= 0.6 is 0 Å². The largest absolute Gasteiger partial charge is 0.410 e. The van der Waals surface area contributed by atoms with Gasteiger partial charge in [-0.1, -0.05) is 67.6 Å². The van der Waals surface area contributed by atoms with E-state index in [1.807, 2.05) is 0 Å². The molecule has 0 aromatic heterocycles. The molecule has 0 radical (unpaired) electrons. The van der Waals surface area contributed by atoms with E-state index in [4.69, 9.17) is 9.16 Å². The molecule has 0 saturated carbocycles. The van der Waals surface area contributed by atoms with E-state index in [9.17, 15) is 0 Å². The van der Waals surface area contributed by atoms with Gasteiger partial charge in [-0.15, -0.1) is 0 Å². The zero-order chi connectivity index (χ0) is 21.2. The molecule has 0 bridgehead atoms. The van der Waals surface area contributed by atoms with Gasteiger partial charge in [0.1, 0.15) is 6.61 Å². The van der Waals surface area contributed by atoms with Crippen molar-refractivity contribution in [3.63, 3.8) is 0 Å². The topological polar surface area (TPSA) is 18.5 Å². The lowest BCUT2D eigenvalue weighted by Crippen LogP contribution is -2.43. The maximum atomic E-state index is 6.67. The molecule has 1 unspecified atom stereocenters. The SMILES string of the molecule is C/C1=C\CC/C(C)=C/C(O[Si](C)(C)C(C)(C)C)CC#CCOC/C(C)=C/CC1. The standard InChI is InChI=1S/C25H42O2Si/c1-21-13-11-15-22(2)19-24(27-28(7,8)25(4,5)6)17-9-10-18-26-20-23(3)16-12-14-21/h13,16,19,24H,11-12,14-15,17-18,20H2,1-8H3/b21-13+,22-19+,23-16+. The first-order valence-electron chi connectivity index (χ1n) is 10.7. The fourth-order valence-electron chi connectivity index (χ4n) is 2.83. The molecule has 0 aromatic rings. The van der Waals surface area contributed by atoms with Gasteiger partial charge >= 0.3 is 0 Å². The second-order valence-electron chi connectivity index (χ2n) is 9.66. The minimum Gasteiger partial charge on any atom is -0.410 e. The van der Waals surface area contributed by atoms with Crippen molar-refractivity contribution in [1.29, 1.82) is 0 Å². The van der Waals surface area contributed by atoms with Crippen LogP contribution in [0.2, 0.25) is 18.1 Å². The van der Waals surface area contributed by atoms with E-state index in [-0.39, 0.29) is 11.1 Å². The summed E-state index contributed by atoms with van der Waals surface area (Å²) in [5.41, 5.74) is 4.15. The predicted octanol–water partition coefficient (Wildman–Crippen LogP) is 7.20. The number of ether oxygens (including phenoxy) is 1. The molecule has 0 N–H and O–H groups in total. The Hall–Kier alpha value is -1.08. The highest BCUT2D eigenvalue weighted by atomic mass is 28.4. The maximum Gasteiger partial charge on any atom is 0.192 e. The van der Waals surface area contributed by atoms with Gasteiger partial charge in [-0.25, -0.2) is 0 Å². The maximum absolute atomic E-state index is 6.67. The third kappa shape index (κ3) is 9.91. The van der Waals surface area contributed by atoms with Crippen LogP contribution < -0.4 is 0 Å². The van der Waals surface area contributed by atoms with Crippen molar-refractivity contribution in [2.75, 3.05) is 13.2 Å². The van der Waals surface area contributed by atoms with Gasteiger partial charge in [-0.2, -0.15) is 0 Å². The molecule has 0 aliphatic carbocycles. The lowest BCUT2D eigenvalue weighted by Gasteiger charge is -2.38. The van der Waals surface area contributed by atoms with Gasteiger partial charge in [0.25, 0.3) is 0 Å². The van der Waals surface area contributed by atoms with Gasteiger partial charge in [-0.05, 0) is 64.6 Å². The smallest absolute Gasteiger partial charge is 0.192 e. The molecule has 0 fully saturated rings. The quantitative estimate of drug-likeness (QED) is 0.276. The first kappa shape index (κ1) is 25.0. The molecule has 1 atom stereocenters. The van der Waals surface area contributed by atoms with Gasteiger partial charge < -0.3 is 9.16 Å². The van der Waals surface area contributed by atoms with Gasteiger partial charge in [-0.3, -0.25) is 0 Å². The summed E-state index contributed by atoms with van der Waals surface area (Å²) in [6, 6.07) is 0. The highest BCUT2D eigenvalue weighted by molar-refractivity contribution is 6.74. The third-order valence-electron chi connectivity index (χ3n) is 5.72. The number of hydrogen-bond donors (Lipinski definition) is 0. The molecule has 2 nitrogen and oxygen atoms in total. The first-order chi connectivity index (χ1) is 13.0. The number of hydrogen-bond acceptors (Lipinski definition) is 2. The summed E-state index contributed by atoms with van der Waals surface area (Å²) in [6.07, 6.45) is 12.2. The van der Waals surface area contributed by atoms with Crippen LogP contribution in [-0.2, 0) is 9.16 Å². The Morgan fingerprint density at radius 3 is 2.21 bits per heavy atom.